The van der Waals surface area contributed by atoms with E-state index >= 15 is 0 Å². The van der Waals surface area contributed by atoms with Crippen molar-refractivity contribution >= 4 is 16.8 Å². The number of hydrogen-bond acceptors (Lipinski definition) is 3. The van der Waals surface area contributed by atoms with Gasteiger partial charge in [0, 0.05) is 74.1 Å². The van der Waals surface area contributed by atoms with Gasteiger partial charge in [-0.05, 0) is 73.5 Å². The summed E-state index contributed by atoms with van der Waals surface area (Å²) in [6.07, 6.45) is 14.0. The molecule has 0 spiro atoms. The number of benzene rings is 1. The minimum Gasteiger partial charge on any atom is -0.347 e. The molecule has 5 rings (SSSR count). The van der Waals surface area contributed by atoms with Crippen LogP contribution in [0.4, 0.5) is 0 Å². The number of hydrogen-bond donors (Lipinski definition) is 0. The Bertz CT molecular complexity index is 1220. The summed E-state index contributed by atoms with van der Waals surface area (Å²) in [6.45, 7) is 10.6. The molecule has 1 aliphatic heterocycles. The third-order valence-corrected chi connectivity index (χ3v) is 9.21. The van der Waals surface area contributed by atoms with Gasteiger partial charge in [-0.15, -0.1) is 0 Å². The number of unbranched alkanes of at least 4 members (excludes halogenated alkanes) is 2. The third kappa shape index (κ3) is 5.27. The minimum absolute atomic E-state index is 0.0482. The third-order valence-electron chi connectivity index (χ3n) is 9.21. The lowest BCUT2D eigenvalue weighted by Crippen LogP contribution is -2.53. The van der Waals surface area contributed by atoms with Crippen LogP contribution in [-0.2, 0) is 17.8 Å². The number of amides is 1. The van der Waals surface area contributed by atoms with Crippen molar-refractivity contribution in [2.75, 3.05) is 26.7 Å². The summed E-state index contributed by atoms with van der Waals surface area (Å²) < 4.78 is 2.49. The van der Waals surface area contributed by atoms with Crippen LogP contribution in [-0.4, -0.2) is 58.0 Å². The van der Waals surface area contributed by atoms with Crippen LogP contribution < -0.4 is 0 Å². The quantitative estimate of drug-likeness (QED) is 0.289. The van der Waals surface area contributed by atoms with Gasteiger partial charge in [-0.1, -0.05) is 45.7 Å². The molecule has 3 aromatic rings. The van der Waals surface area contributed by atoms with Crippen LogP contribution in [0.25, 0.3) is 10.9 Å². The van der Waals surface area contributed by atoms with Crippen molar-refractivity contribution in [1.29, 1.82) is 0 Å². The van der Waals surface area contributed by atoms with Gasteiger partial charge in [0.15, 0.2) is 0 Å². The van der Waals surface area contributed by atoms with Crippen LogP contribution in [0.1, 0.15) is 87.8 Å². The molecule has 2 aliphatic rings. The number of rotatable bonds is 11. The maximum Gasteiger partial charge on any atom is 0.226 e. The lowest BCUT2D eigenvalue weighted by Gasteiger charge is -2.47. The van der Waals surface area contributed by atoms with Crippen LogP contribution in [0.2, 0.25) is 0 Å². The van der Waals surface area contributed by atoms with Crippen LogP contribution in [0.5, 0.6) is 0 Å². The van der Waals surface area contributed by atoms with Crippen LogP contribution in [0, 0.1) is 5.92 Å². The molecule has 4 atom stereocenters. The molecule has 204 valence electrons. The number of fused-ring (bicyclic) bond motifs is 2. The SMILES string of the molecule is CCCCN1C[C@H](C(=O)N(C)CC(CC)c2ccncc2)C[C@@H]2c3cccc4c3c(cn4CCCC)C[C@H]21. The first-order valence-corrected chi connectivity index (χ1v) is 15.0. The van der Waals surface area contributed by atoms with Gasteiger partial charge >= 0.3 is 0 Å². The van der Waals surface area contributed by atoms with Crippen LogP contribution in [0.3, 0.4) is 0 Å². The molecule has 0 N–H and O–H groups in total. The number of carbonyl (C=O) groups is 1. The molecular formula is C33H46N4O. The maximum absolute atomic E-state index is 14.0. The average molecular weight is 515 g/mol. The molecule has 3 heterocycles. The molecule has 38 heavy (non-hydrogen) atoms. The van der Waals surface area contributed by atoms with Crippen molar-refractivity contribution < 1.29 is 4.79 Å². The van der Waals surface area contributed by atoms with Crippen molar-refractivity contribution in [3.05, 3.63) is 65.6 Å². The van der Waals surface area contributed by atoms with Gasteiger partial charge in [0.2, 0.25) is 5.91 Å². The van der Waals surface area contributed by atoms with E-state index in [0.717, 1.165) is 45.4 Å². The van der Waals surface area contributed by atoms with E-state index in [-0.39, 0.29) is 5.92 Å². The highest BCUT2D eigenvalue weighted by molar-refractivity contribution is 5.89. The second kappa shape index (κ2) is 12.0. The summed E-state index contributed by atoms with van der Waals surface area (Å²) in [5.41, 5.74) is 5.65. The van der Waals surface area contributed by atoms with Crippen LogP contribution in [0.15, 0.2) is 48.9 Å². The fourth-order valence-electron chi connectivity index (χ4n) is 7.12. The van der Waals surface area contributed by atoms with Crippen molar-refractivity contribution in [3.8, 4) is 0 Å². The van der Waals surface area contributed by atoms with Crippen LogP contribution >= 0.6 is 0 Å². The molecular weight excluding hydrogens is 468 g/mol. The molecule has 1 saturated heterocycles. The normalized spacial score (nSPS) is 21.8. The predicted molar refractivity (Wildman–Crippen MR) is 157 cm³/mol. The molecule has 1 aliphatic carbocycles. The highest BCUT2D eigenvalue weighted by atomic mass is 16.2. The molecule has 5 nitrogen and oxygen atoms in total. The van der Waals surface area contributed by atoms with E-state index in [2.05, 4.69) is 71.8 Å². The lowest BCUT2D eigenvalue weighted by molar-refractivity contribution is -0.137. The topological polar surface area (TPSA) is 41.4 Å². The molecule has 1 unspecified atom stereocenters. The summed E-state index contributed by atoms with van der Waals surface area (Å²) in [5.74, 6) is 1.12. The molecule has 2 aromatic heterocycles. The van der Waals surface area contributed by atoms with E-state index in [4.69, 9.17) is 0 Å². The van der Waals surface area contributed by atoms with Gasteiger partial charge < -0.3 is 9.47 Å². The number of likely N-dealkylation sites (tertiary alicyclic amines) is 1. The Morgan fingerprint density at radius 3 is 2.58 bits per heavy atom. The standard InChI is InChI=1S/C33H46N4O/c1-5-8-17-36-22-26-20-31-29(28-11-10-12-30(36)32(26)28)19-27(23-37(31)18-9-6-2)33(38)35(4)21-24(7-3)25-13-15-34-16-14-25/h10-16,22,24,27,29,31H,5-9,17-21,23H2,1-4H3/t24?,27-,29-,31-/m1/s1. The largest absolute Gasteiger partial charge is 0.347 e. The molecule has 1 aromatic carbocycles. The number of pyridine rings is 1. The lowest BCUT2D eigenvalue weighted by atomic mass is 9.72. The Labute approximate surface area is 229 Å². The number of piperidine rings is 1. The fourth-order valence-corrected chi connectivity index (χ4v) is 7.12. The zero-order valence-corrected chi connectivity index (χ0v) is 23.9. The Hall–Kier alpha value is -2.66. The molecule has 0 saturated carbocycles. The van der Waals surface area contributed by atoms with Gasteiger partial charge in [0.25, 0.3) is 0 Å². The summed E-state index contributed by atoms with van der Waals surface area (Å²) in [7, 11) is 2.02. The molecule has 1 fully saturated rings. The first-order valence-electron chi connectivity index (χ1n) is 15.0. The second-order valence-electron chi connectivity index (χ2n) is 11.7. The highest BCUT2D eigenvalue weighted by Gasteiger charge is 2.43. The Morgan fingerprint density at radius 2 is 1.84 bits per heavy atom. The maximum atomic E-state index is 14.0. The van der Waals surface area contributed by atoms with E-state index in [1.54, 1.807) is 0 Å². The Balaban J connectivity index is 1.41. The molecule has 1 amide bonds. The number of aromatic nitrogens is 2. The van der Waals surface area contributed by atoms with Crippen molar-refractivity contribution in [1.82, 2.24) is 19.4 Å². The smallest absolute Gasteiger partial charge is 0.226 e. The van der Waals surface area contributed by atoms with Gasteiger partial charge in [0.1, 0.15) is 0 Å². The van der Waals surface area contributed by atoms with Crippen molar-refractivity contribution in [2.24, 2.45) is 5.92 Å². The summed E-state index contributed by atoms with van der Waals surface area (Å²) >= 11 is 0. The number of nitrogens with zero attached hydrogens (tertiary/aromatic N) is 4. The van der Waals surface area contributed by atoms with E-state index in [1.807, 2.05) is 24.3 Å². The highest BCUT2D eigenvalue weighted by Crippen LogP contribution is 2.46. The molecule has 5 heteroatoms. The zero-order chi connectivity index (χ0) is 26.6. The molecule has 0 radical (unpaired) electrons. The van der Waals surface area contributed by atoms with Gasteiger partial charge in [-0.3, -0.25) is 14.7 Å². The summed E-state index contributed by atoms with van der Waals surface area (Å²) in [6, 6.07) is 11.6. The van der Waals surface area contributed by atoms with E-state index in [0.29, 0.717) is 23.8 Å². The van der Waals surface area contributed by atoms with Gasteiger partial charge in [-0.25, -0.2) is 0 Å². The monoisotopic (exact) mass is 514 g/mol. The first-order chi connectivity index (χ1) is 18.5. The second-order valence-corrected chi connectivity index (χ2v) is 11.7. The first kappa shape index (κ1) is 26.9. The summed E-state index contributed by atoms with van der Waals surface area (Å²) in [5, 5.41) is 1.48. The van der Waals surface area contributed by atoms with E-state index in [1.165, 1.54) is 53.3 Å². The molecule has 0 bridgehead atoms. The number of carbonyl (C=O) groups excluding carboxylic acids is 1. The summed E-state index contributed by atoms with van der Waals surface area (Å²) in [4.78, 5) is 22.9. The van der Waals surface area contributed by atoms with Crippen molar-refractivity contribution in [3.63, 3.8) is 0 Å². The van der Waals surface area contributed by atoms with Gasteiger partial charge in [0.05, 0.1) is 5.92 Å². The average Bonchev–Trinajstić information content (AvgIpc) is 3.31. The van der Waals surface area contributed by atoms with Crippen molar-refractivity contribution in [2.45, 2.75) is 90.1 Å². The Kier molecular flexibility index (Phi) is 8.52. The fraction of sp³-hybridized carbons (Fsp3) is 0.576. The Morgan fingerprint density at radius 1 is 1.08 bits per heavy atom. The van der Waals surface area contributed by atoms with E-state index in [9.17, 15) is 4.79 Å². The minimum atomic E-state index is 0.0482. The van der Waals surface area contributed by atoms with Gasteiger partial charge in [-0.2, -0.15) is 0 Å². The number of aryl methyl sites for hydroxylation is 1. The predicted octanol–water partition coefficient (Wildman–Crippen LogP) is 6.62. The number of likely N-dealkylation sites (N-methyl/N-ethyl adjacent to an activating group) is 1. The zero-order valence-electron chi connectivity index (χ0n) is 23.9. The van der Waals surface area contributed by atoms with E-state index < -0.39 is 0 Å².